The lowest BCUT2D eigenvalue weighted by atomic mass is 9.90. The first-order valence-corrected chi connectivity index (χ1v) is 7.87. The number of hydrogen-bond donors (Lipinski definition) is 2. The summed E-state index contributed by atoms with van der Waals surface area (Å²) in [5.41, 5.74) is 0.0374. The van der Waals surface area contributed by atoms with Crippen molar-refractivity contribution in [2.45, 2.75) is 36.5 Å². The molecule has 5 nitrogen and oxygen atoms in total. The smallest absolute Gasteiger partial charge is 0.240 e. The van der Waals surface area contributed by atoms with Crippen LogP contribution in [0.2, 0.25) is 5.02 Å². The molecule has 1 aromatic carbocycles. The highest BCUT2D eigenvalue weighted by atomic mass is 35.5. The second-order valence-electron chi connectivity index (χ2n) is 4.68. The minimum atomic E-state index is -3.84. The van der Waals surface area contributed by atoms with E-state index in [1.807, 2.05) is 0 Å². The first kappa shape index (κ1) is 15.7. The van der Waals surface area contributed by atoms with E-state index in [0.29, 0.717) is 12.8 Å². The monoisotopic (exact) mass is 323 g/mol. The van der Waals surface area contributed by atoms with Gasteiger partial charge in [0.25, 0.3) is 0 Å². The van der Waals surface area contributed by atoms with Gasteiger partial charge in [-0.25, -0.2) is 17.5 Å². The molecular weight excluding hydrogens is 309 g/mol. The Hall–Kier alpha value is -0.730. The van der Waals surface area contributed by atoms with Crippen LogP contribution in [-0.4, -0.2) is 32.8 Å². The summed E-state index contributed by atoms with van der Waals surface area (Å²) in [5.74, 6) is -0.873. The van der Waals surface area contributed by atoms with Crippen LogP contribution in [0.1, 0.15) is 18.4 Å². The van der Waals surface area contributed by atoms with Crippen LogP contribution in [0.15, 0.2) is 17.0 Å². The van der Waals surface area contributed by atoms with E-state index in [1.165, 1.54) is 6.07 Å². The number of sulfonamides is 1. The molecule has 0 amide bonds. The molecule has 0 saturated heterocycles. The molecule has 0 unspecified atom stereocenters. The minimum Gasteiger partial charge on any atom is -0.392 e. The van der Waals surface area contributed by atoms with E-state index in [2.05, 4.69) is 4.72 Å². The third-order valence-corrected chi connectivity index (χ3v) is 5.23. The van der Waals surface area contributed by atoms with Crippen molar-refractivity contribution in [3.8, 4) is 0 Å². The summed E-state index contributed by atoms with van der Waals surface area (Å²) in [7, 11) is -2.27. The molecule has 0 aromatic heterocycles. The molecule has 1 aliphatic rings. The van der Waals surface area contributed by atoms with Gasteiger partial charge < -0.3 is 9.84 Å². The van der Waals surface area contributed by atoms with Crippen molar-refractivity contribution in [3.05, 3.63) is 28.5 Å². The topological polar surface area (TPSA) is 75.6 Å². The van der Waals surface area contributed by atoms with Crippen LogP contribution in [0, 0.1) is 5.82 Å². The lowest BCUT2D eigenvalue weighted by molar-refractivity contribution is 0.0236. The molecule has 1 saturated carbocycles. The van der Waals surface area contributed by atoms with Gasteiger partial charge in [0.1, 0.15) is 5.82 Å². The normalized spacial score (nSPS) is 22.6. The zero-order chi connectivity index (χ0) is 14.9. The van der Waals surface area contributed by atoms with Crippen molar-refractivity contribution < 1.29 is 22.7 Å². The first-order valence-electron chi connectivity index (χ1n) is 6.01. The third-order valence-electron chi connectivity index (χ3n) is 3.31. The van der Waals surface area contributed by atoms with Crippen molar-refractivity contribution in [1.29, 1.82) is 0 Å². The van der Waals surface area contributed by atoms with Crippen molar-refractivity contribution in [2.75, 3.05) is 7.11 Å². The molecule has 0 atom stereocenters. The number of ether oxygens (including phenoxy) is 1. The highest BCUT2D eigenvalue weighted by molar-refractivity contribution is 7.89. The van der Waals surface area contributed by atoms with Gasteiger partial charge in [0.2, 0.25) is 10.0 Å². The maximum Gasteiger partial charge on any atom is 0.240 e. The Morgan fingerprint density at radius 2 is 2.15 bits per heavy atom. The largest absolute Gasteiger partial charge is 0.392 e. The molecule has 20 heavy (non-hydrogen) atoms. The number of aliphatic hydroxyl groups is 1. The number of halogens is 2. The van der Waals surface area contributed by atoms with Crippen molar-refractivity contribution in [3.63, 3.8) is 0 Å². The molecule has 0 heterocycles. The molecule has 0 radical (unpaired) electrons. The zero-order valence-electron chi connectivity index (χ0n) is 10.8. The molecule has 8 heteroatoms. The fourth-order valence-corrected chi connectivity index (χ4v) is 3.52. The highest BCUT2D eigenvalue weighted by Crippen LogP contribution is 2.27. The van der Waals surface area contributed by atoms with Crippen LogP contribution in [0.4, 0.5) is 4.39 Å². The summed E-state index contributed by atoms with van der Waals surface area (Å²) >= 11 is 5.63. The number of hydrogen-bond acceptors (Lipinski definition) is 4. The molecule has 0 spiro atoms. The molecule has 112 valence electrons. The molecule has 0 bridgehead atoms. The number of nitrogens with one attached hydrogen (secondary N) is 1. The molecule has 2 N–H and O–H groups in total. The lowest BCUT2D eigenvalue weighted by Gasteiger charge is -2.34. The van der Waals surface area contributed by atoms with E-state index in [4.69, 9.17) is 21.4 Å². The SMILES string of the molecule is COC1CC(NS(=O)(=O)c2cc(F)c(Cl)c(CO)c2)C1. The van der Waals surface area contributed by atoms with Crippen LogP contribution in [-0.2, 0) is 21.4 Å². The Balaban J connectivity index is 2.20. The first-order chi connectivity index (χ1) is 9.37. The standard InChI is InChI=1S/C12H15ClFNO4S/c1-19-9-3-8(4-9)15-20(17,18)10-2-7(6-16)12(13)11(14)5-10/h2,5,8-9,15-16H,3-4,6H2,1H3. The van der Waals surface area contributed by atoms with E-state index in [0.717, 1.165) is 6.07 Å². The number of aliphatic hydroxyl groups excluding tert-OH is 1. The van der Waals surface area contributed by atoms with Gasteiger partial charge in [-0.15, -0.1) is 0 Å². The van der Waals surface area contributed by atoms with Gasteiger partial charge in [-0.2, -0.15) is 0 Å². The highest BCUT2D eigenvalue weighted by Gasteiger charge is 2.33. The Morgan fingerprint density at radius 1 is 1.50 bits per heavy atom. The van der Waals surface area contributed by atoms with Gasteiger partial charge in [-0.1, -0.05) is 11.6 Å². The summed E-state index contributed by atoms with van der Waals surface area (Å²) < 4.78 is 45.3. The van der Waals surface area contributed by atoms with Gasteiger partial charge in [0, 0.05) is 18.7 Å². The van der Waals surface area contributed by atoms with Crippen LogP contribution in [0.3, 0.4) is 0 Å². The van der Waals surface area contributed by atoms with Crippen molar-refractivity contribution in [2.24, 2.45) is 0 Å². The Bertz CT molecular complexity index is 602. The fraction of sp³-hybridized carbons (Fsp3) is 0.500. The Labute approximate surface area is 121 Å². The van der Waals surface area contributed by atoms with Gasteiger partial charge in [-0.3, -0.25) is 0 Å². The zero-order valence-corrected chi connectivity index (χ0v) is 12.3. The second-order valence-corrected chi connectivity index (χ2v) is 6.78. The quantitative estimate of drug-likeness (QED) is 0.859. The molecular formula is C12H15ClFNO4S. The van der Waals surface area contributed by atoms with E-state index >= 15 is 0 Å². The molecule has 1 aromatic rings. The number of rotatable bonds is 5. The summed E-state index contributed by atoms with van der Waals surface area (Å²) in [6.45, 7) is -0.533. The Kier molecular flexibility index (Phi) is 4.66. The van der Waals surface area contributed by atoms with Crippen LogP contribution >= 0.6 is 11.6 Å². The van der Waals surface area contributed by atoms with E-state index in [-0.39, 0.29) is 27.6 Å². The van der Waals surface area contributed by atoms with E-state index < -0.39 is 22.4 Å². The Morgan fingerprint density at radius 3 is 2.70 bits per heavy atom. The predicted molar refractivity (Wildman–Crippen MR) is 71.5 cm³/mol. The van der Waals surface area contributed by atoms with Crippen molar-refractivity contribution in [1.82, 2.24) is 4.72 Å². The third kappa shape index (κ3) is 3.12. The second kappa shape index (κ2) is 5.95. The summed E-state index contributed by atoms with van der Waals surface area (Å²) in [5, 5.41) is 8.79. The van der Waals surface area contributed by atoms with E-state index in [9.17, 15) is 12.8 Å². The summed E-state index contributed by atoms with van der Waals surface area (Å²) in [6.07, 6.45) is 1.22. The van der Waals surface area contributed by atoms with Crippen LogP contribution < -0.4 is 4.72 Å². The molecule has 2 rings (SSSR count). The van der Waals surface area contributed by atoms with Gasteiger partial charge in [-0.05, 0) is 25.0 Å². The van der Waals surface area contributed by atoms with E-state index in [1.54, 1.807) is 7.11 Å². The number of benzene rings is 1. The predicted octanol–water partition coefficient (Wildman–Crippen LogP) is 1.43. The van der Waals surface area contributed by atoms with Gasteiger partial charge in [0.15, 0.2) is 0 Å². The maximum atomic E-state index is 13.6. The average Bonchev–Trinajstić information content (AvgIpc) is 2.36. The molecule has 1 aliphatic carbocycles. The molecule has 1 fully saturated rings. The average molecular weight is 324 g/mol. The van der Waals surface area contributed by atoms with Gasteiger partial charge >= 0.3 is 0 Å². The number of methoxy groups -OCH3 is 1. The maximum absolute atomic E-state index is 13.6. The summed E-state index contributed by atoms with van der Waals surface area (Å²) in [6, 6.07) is 1.79. The van der Waals surface area contributed by atoms with Gasteiger partial charge in [0.05, 0.1) is 22.6 Å². The van der Waals surface area contributed by atoms with Crippen molar-refractivity contribution >= 4 is 21.6 Å². The molecule has 0 aliphatic heterocycles. The lowest BCUT2D eigenvalue weighted by Crippen LogP contribution is -2.47. The van der Waals surface area contributed by atoms with Crippen LogP contribution in [0.5, 0.6) is 0 Å². The fourth-order valence-electron chi connectivity index (χ4n) is 2.03. The summed E-state index contributed by atoms with van der Waals surface area (Å²) in [4.78, 5) is -0.246. The minimum absolute atomic E-state index is 0.0374. The van der Waals surface area contributed by atoms with Crippen LogP contribution in [0.25, 0.3) is 0 Å².